The lowest BCUT2D eigenvalue weighted by Gasteiger charge is -2.10. The van der Waals surface area contributed by atoms with E-state index in [2.05, 4.69) is 9.97 Å². The highest BCUT2D eigenvalue weighted by Crippen LogP contribution is 2.24. The SMILES string of the molecule is CSc1ncc2cc(S(=O)(=O)c3ccc(F)cc3F)c(=O)n(C)c2n1. The number of rotatable bonds is 3. The number of hydrogen-bond donors (Lipinski definition) is 0. The van der Waals surface area contributed by atoms with Gasteiger partial charge >= 0.3 is 0 Å². The van der Waals surface area contributed by atoms with Gasteiger partial charge in [-0.1, -0.05) is 11.8 Å². The Hall–Kier alpha value is -2.33. The molecule has 0 aliphatic rings. The molecule has 25 heavy (non-hydrogen) atoms. The van der Waals surface area contributed by atoms with Gasteiger partial charge in [-0.05, 0) is 24.5 Å². The number of halogens is 2. The molecule has 6 nitrogen and oxygen atoms in total. The molecule has 0 N–H and O–H groups in total. The van der Waals surface area contributed by atoms with Crippen LogP contribution in [0.4, 0.5) is 8.78 Å². The molecule has 2 aromatic heterocycles. The Kier molecular flexibility index (Phi) is 4.33. The number of fused-ring (bicyclic) bond motifs is 1. The first kappa shape index (κ1) is 17.5. The fraction of sp³-hybridized carbons (Fsp3) is 0.133. The van der Waals surface area contributed by atoms with Gasteiger partial charge in [-0.15, -0.1) is 0 Å². The van der Waals surface area contributed by atoms with Crippen LogP contribution in [0.2, 0.25) is 0 Å². The molecule has 3 rings (SSSR count). The Morgan fingerprint density at radius 2 is 1.88 bits per heavy atom. The molecule has 0 amide bonds. The van der Waals surface area contributed by atoms with E-state index in [1.165, 1.54) is 25.0 Å². The van der Waals surface area contributed by atoms with Crippen molar-refractivity contribution in [2.24, 2.45) is 7.05 Å². The fourth-order valence-electron chi connectivity index (χ4n) is 2.30. The number of hydrogen-bond acceptors (Lipinski definition) is 6. The van der Waals surface area contributed by atoms with Crippen molar-refractivity contribution in [2.45, 2.75) is 14.9 Å². The van der Waals surface area contributed by atoms with Crippen molar-refractivity contribution in [1.29, 1.82) is 0 Å². The maximum Gasteiger partial charge on any atom is 0.271 e. The smallest absolute Gasteiger partial charge is 0.271 e. The van der Waals surface area contributed by atoms with Crippen LogP contribution in [-0.2, 0) is 16.9 Å². The van der Waals surface area contributed by atoms with Gasteiger partial charge in [0.2, 0.25) is 9.84 Å². The van der Waals surface area contributed by atoms with Gasteiger partial charge in [0, 0.05) is 24.7 Å². The topological polar surface area (TPSA) is 81.9 Å². The number of pyridine rings is 1. The Balaban J connectivity index is 2.31. The number of thioether (sulfide) groups is 1. The van der Waals surface area contributed by atoms with E-state index < -0.39 is 36.8 Å². The Labute approximate surface area is 145 Å². The van der Waals surface area contributed by atoms with Gasteiger partial charge in [0.25, 0.3) is 5.56 Å². The van der Waals surface area contributed by atoms with Gasteiger partial charge in [0.1, 0.15) is 27.1 Å². The Bertz CT molecular complexity index is 1160. The normalized spacial score (nSPS) is 11.8. The summed E-state index contributed by atoms with van der Waals surface area (Å²) in [6, 6.07) is 3.15. The van der Waals surface area contributed by atoms with Crippen molar-refractivity contribution in [3.63, 3.8) is 0 Å². The van der Waals surface area contributed by atoms with Crippen LogP contribution in [0.15, 0.2) is 50.2 Å². The van der Waals surface area contributed by atoms with Crippen molar-refractivity contribution >= 4 is 32.6 Å². The van der Waals surface area contributed by atoms with Gasteiger partial charge in [0.05, 0.1) is 0 Å². The predicted molar refractivity (Wildman–Crippen MR) is 88.4 cm³/mol. The van der Waals surface area contributed by atoms with E-state index in [0.717, 1.165) is 22.8 Å². The molecule has 0 aliphatic heterocycles. The number of benzene rings is 1. The third kappa shape index (κ3) is 2.91. The second kappa shape index (κ2) is 6.19. The van der Waals surface area contributed by atoms with Crippen LogP contribution in [0.3, 0.4) is 0 Å². The summed E-state index contributed by atoms with van der Waals surface area (Å²) in [5, 5.41) is 0.726. The van der Waals surface area contributed by atoms with E-state index in [1.54, 1.807) is 6.26 Å². The molecule has 0 unspecified atom stereocenters. The van der Waals surface area contributed by atoms with Crippen LogP contribution < -0.4 is 5.56 Å². The monoisotopic (exact) mass is 383 g/mol. The van der Waals surface area contributed by atoms with E-state index in [-0.39, 0.29) is 5.65 Å². The first-order chi connectivity index (χ1) is 11.8. The molecule has 0 bridgehead atoms. The summed E-state index contributed by atoms with van der Waals surface area (Å²) in [7, 11) is -3.12. The quantitative estimate of drug-likeness (QED) is 0.392. The van der Waals surface area contributed by atoms with Crippen LogP contribution in [0.5, 0.6) is 0 Å². The van der Waals surface area contributed by atoms with Gasteiger partial charge in [-0.3, -0.25) is 9.36 Å². The minimum absolute atomic E-state index is 0.253. The Morgan fingerprint density at radius 3 is 2.52 bits per heavy atom. The first-order valence-electron chi connectivity index (χ1n) is 6.86. The Morgan fingerprint density at radius 1 is 1.16 bits per heavy atom. The minimum atomic E-state index is -4.48. The van der Waals surface area contributed by atoms with Crippen LogP contribution in [0, 0.1) is 11.6 Å². The third-order valence-electron chi connectivity index (χ3n) is 3.55. The third-order valence-corrected chi connectivity index (χ3v) is 5.89. The number of sulfone groups is 1. The average Bonchev–Trinajstić information content (AvgIpc) is 2.57. The number of nitrogens with zero attached hydrogens (tertiary/aromatic N) is 3. The van der Waals surface area contributed by atoms with Crippen LogP contribution >= 0.6 is 11.8 Å². The lowest BCUT2D eigenvalue weighted by Crippen LogP contribution is -2.25. The molecule has 0 saturated heterocycles. The number of aromatic nitrogens is 3. The predicted octanol–water partition coefficient (Wildman–Crippen LogP) is 2.16. The largest absolute Gasteiger partial charge is 0.295 e. The first-order valence-corrected chi connectivity index (χ1v) is 9.57. The van der Waals surface area contributed by atoms with Crippen LogP contribution in [0.25, 0.3) is 11.0 Å². The summed E-state index contributed by atoms with van der Waals surface area (Å²) in [6.45, 7) is 0. The highest BCUT2D eigenvalue weighted by Gasteiger charge is 2.27. The van der Waals surface area contributed by atoms with E-state index in [9.17, 15) is 22.0 Å². The zero-order chi connectivity index (χ0) is 18.4. The molecule has 0 fully saturated rings. The molecule has 130 valence electrons. The maximum atomic E-state index is 13.9. The second-order valence-electron chi connectivity index (χ2n) is 5.09. The van der Waals surface area contributed by atoms with E-state index in [4.69, 9.17) is 0 Å². The van der Waals surface area contributed by atoms with Crippen molar-refractivity contribution in [2.75, 3.05) is 6.26 Å². The molecule has 0 aliphatic carbocycles. The number of aryl methyl sites for hydroxylation is 1. The van der Waals surface area contributed by atoms with Crippen molar-refractivity contribution in [3.8, 4) is 0 Å². The average molecular weight is 383 g/mol. The summed E-state index contributed by atoms with van der Waals surface area (Å²) in [5.74, 6) is -2.18. The molecular weight excluding hydrogens is 372 g/mol. The van der Waals surface area contributed by atoms with Crippen LogP contribution in [0.1, 0.15) is 0 Å². The van der Waals surface area contributed by atoms with Gasteiger partial charge in [-0.25, -0.2) is 27.2 Å². The summed E-state index contributed by atoms with van der Waals surface area (Å²) < 4.78 is 53.4. The molecule has 0 atom stereocenters. The summed E-state index contributed by atoms with van der Waals surface area (Å²) >= 11 is 1.27. The summed E-state index contributed by atoms with van der Waals surface area (Å²) in [5.41, 5.74) is -0.607. The highest BCUT2D eigenvalue weighted by molar-refractivity contribution is 7.98. The van der Waals surface area contributed by atoms with Crippen LogP contribution in [-0.4, -0.2) is 29.2 Å². The molecule has 10 heteroatoms. The van der Waals surface area contributed by atoms with Crippen molar-refractivity contribution < 1.29 is 17.2 Å². The maximum absolute atomic E-state index is 13.9. The zero-order valence-corrected chi connectivity index (χ0v) is 14.7. The standard InChI is InChI=1S/C15H11F2N3O3S2/c1-20-13-8(7-18-15(19-13)24-2)5-12(14(20)21)25(22,23)11-4-3-9(16)6-10(11)17/h3-7H,1-2H3. The second-order valence-corrected chi connectivity index (χ2v) is 7.75. The van der Waals surface area contributed by atoms with Gasteiger partial charge in [-0.2, -0.15) is 0 Å². The van der Waals surface area contributed by atoms with Crippen molar-refractivity contribution in [3.05, 3.63) is 52.5 Å². The molecule has 0 radical (unpaired) electrons. The van der Waals surface area contributed by atoms with Gasteiger partial charge < -0.3 is 0 Å². The van der Waals surface area contributed by atoms with E-state index >= 15 is 0 Å². The molecular formula is C15H11F2N3O3S2. The minimum Gasteiger partial charge on any atom is -0.295 e. The van der Waals surface area contributed by atoms with E-state index in [1.807, 2.05) is 0 Å². The zero-order valence-electron chi connectivity index (χ0n) is 13.0. The van der Waals surface area contributed by atoms with Gasteiger partial charge in [0.15, 0.2) is 5.16 Å². The van der Waals surface area contributed by atoms with Crippen molar-refractivity contribution in [1.82, 2.24) is 14.5 Å². The molecule has 1 aromatic carbocycles. The molecule has 3 aromatic rings. The highest BCUT2D eigenvalue weighted by atomic mass is 32.2. The summed E-state index contributed by atoms with van der Waals surface area (Å²) in [4.78, 5) is 19.3. The molecule has 0 saturated carbocycles. The summed E-state index contributed by atoms with van der Waals surface area (Å²) in [6.07, 6.45) is 3.14. The van der Waals surface area contributed by atoms with E-state index in [0.29, 0.717) is 16.6 Å². The molecule has 0 spiro atoms. The molecule has 2 heterocycles. The lowest BCUT2D eigenvalue weighted by molar-refractivity contribution is 0.548. The lowest BCUT2D eigenvalue weighted by atomic mass is 10.3. The fourth-order valence-corrected chi connectivity index (χ4v) is 4.09.